The van der Waals surface area contributed by atoms with E-state index in [2.05, 4.69) is 6.58 Å². The van der Waals surface area contributed by atoms with Crippen LogP contribution in [-0.2, 0) is 21.4 Å². The highest BCUT2D eigenvalue weighted by atomic mass is 32.2. The normalized spacial score (nSPS) is 16.9. The van der Waals surface area contributed by atoms with Crippen LogP contribution >= 0.6 is 0 Å². The van der Waals surface area contributed by atoms with E-state index in [4.69, 9.17) is 9.47 Å². The topological polar surface area (TPSA) is 76.2 Å². The highest BCUT2D eigenvalue weighted by Gasteiger charge is 2.34. The van der Waals surface area contributed by atoms with Crippen LogP contribution in [0.3, 0.4) is 0 Å². The lowest BCUT2D eigenvalue weighted by atomic mass is 9.96. The first-order valence-electron chi connectivity index (χ1n) is 10.9. The summed E-state index contributed by atoms with van der Waals surface area (Å²) in [5.74, 6) is 0.139. The van der Waals surface area contributed by atoms with Crippen LogP contribution in [0.1, 0.15) is 18.4 Å². The molecule has 0 aromatic heterocycles. The van der Waals surface area contributed by atoms with Crippen molar-refractivity contribution in [3.63, 3.8) is 0 Å². The van der Waals surface area contributed by atoms with Gasteiger partial charge >= 0.3 is 0 Å². The van der Waals surface area contributed by atoms with E-state index < -0.39 is 10.0 Å². The van der Waals surface area contributed by atoms with Crippen molar-refractivity contribution >= 4 is 15.9 Å². The molecule has 0 atom stereocenters. The SMILES string of the molecule is C=CCN(Cc1ccccc1F)C(=O)C1CCN(S(=O)(=O)c2ccc3c(c2)OCCO3)CC1. The molecule has 0 saturated carbocycles. The van der Waals surface area contributed by atoms with Crippen molar-refractivity contribution in [2.45, 2.75) is 24.3 Å². The molecule has 2 aromatic rings. The van der Waals surface area contributed by atoms with Crippen molar-refractivity contribution in [1.29, 1.82) is 0 Å². The summed E-state index contributed by atoms with van der Waals surface area (Å²) in [6.45, 7) is 5.41. The first kappa shape index (κ1) is 23.3. The van der Waals surface area contributed by atoms with E-state index in [9.17, 15) is 17.6 Å². The summed E-state index contributed by atoms with van der Waals surface area (Å²) in [5, 5.41) is 0. The highest BCUT2D eigenvalue weighted by Crippen LogP contribution is 2.34. The minimum Gasteiger partial charge on any atom is -0.486 e. The Morgan fingerprint density at radius 2 is 1.82 bits per heavy atom. The molecule has 176 valence electrons. The van der Waals surface area contributed by atoms with E-state index in [0.29, 0.717) is 49.7 Å². The summed E-state index contributed by atoms with van der Waals surface area (Å²) in [6.07, 6.45) is 2.40. The molecular formula is C24H27FN2O5S. The minimum absolute atomic E-state index is 0.116. The summed E-state index contributed by atoms with van der Waals surface area (Å²) in [7, 11) is -3.72. The molecule has 7 nitrogen and oxygen atoms in total. The molecule has 0 radical (unpaired) electrons. The molecule has 2 aliphatic rings. The number of hydrogen-bond donors (Lipinski definition) is 0. The molecule has 0 N–H and O–H groups in total. The zero-order valence-corrected chi connectivity index (χ0v) is 19.1. The summed E-state index contributed by atoms with van der Waals surface area (Å²) in [4.78, 5) is 14.9. The second-order valence-electron chi connectivity index (χ2n) is 8.08. The van der Waals surface area contributed by atoms with Gasteiger partial charge in [0.15, 0.2) is 11.5 Å². The van der Waals surface area contributed by atoms with E-state index in [1.165, 1.54) is 22.5 Å². The van der Waals surface area contributed by atoms with Gasteiger partial charge in [-0.15, -0.1) is 6.58 Å². The molecule has 1 amide bonds. The number of hydrogen-bond acceptors (Lipinski definition) is 5. The van der Waals surface area contributed by atoms with Crippen molar-refractivity contribution in [1.82, 2.24) is 9.21 Å². The predicted octanol–water partition coefficient (Wildman–Crippen LogP) is 3.21. The quantitative estimate of drug-likeness (QED) is 0.576. The van der Waals surface area contributed by atoms with Crippen LogP contribution in [0.15, 0.2) is 60.0 Å². The zero-order chi connectivity index (χ0) is 23.4. The van der Waals surface area contributed by atoms with E-state index in [0.717, 1.165) is 0 Å². The number of sulfonamides is 1. The first-order valence-corrected chi connectivity index (χ1v) is 12.4. The van der Waals surface area contributed by atoms with E-state index in [1.807, 2.05) is 0 Å². The molecule has 2 aromatic carbocycles. The zero-order valence-electron chi connectivity index (χ0n) is 18.3. The third kappa shape index (κ3) is 5.04. The van der Waals surface area contributed by atoms with Crippen molar-refractivity contribution in [3.8, 4) is 11.5 Å². The molecule has 0 bridgehead atoms. The van der Waals surface area contributed by atoms with Gasteiger partial charge in [-0.3, -0.25) is 4.79 Å². The van der Waals surface area contributed by atoms with Gasteiger partial charge in [-0.25, -0.2) is 12.8 Å². The fourth-order valence-electron chi connectivity index (χ4n) is 4.16. The Morgan fingerprint density at radius 1 is 1.12 bits per heavy atom. The third-order valence-electron chi connectivity index (χ3n) is 5.93. The smallest absolute Gasteiger partial charge is 0.243 e. The molecule has 0 aliphatic carbocycles. The number of piperidine rings is 1. The summed E-state index contributed by atoms with van der Waals surface area (Å²) >= 11 is 0. The Hall–Kier alpha value is -2.91. The number of halogens is 1. The van der Waals surface area contributed by atoms with E-state index in [-0.39, 0.29) is 42.2 Å². The van der Waals surface area contributed by atoms with Gasteiger partial charge in [0.05, 0.1) is 4.90 Å². The Bertz CT molecular complexity index is 1130. The standard InChI is InChI=1S/C24H27FN2O5S/c1-2-11-26(17-19-5-3-4-6-21(19)25)24(28)18-9-12-27(13-10-18)33(29,30)20-7-8-22-23(16-20)32-15-14-31-22/h2-8,16,18H,1,9-15,17H2. The van der Waals surface area contributed by atoms with Crippen molar-refractivity contribution < 1.29 is 27.1 Å². The molecule has 0 unspecified atom stereocenters. The lowest BCUT2D eigenvalue weighted by Gasteiger charge is -2.33. The maximum absolute atomic E-state index is 14.1. The fourth-order valence-corrected chi connectivity index (χ4v) is 5.64. The van der Waals surface area contributed by atoms with Gasteiger partial charge in [-0.2, -0.15) is 4.31 Å². The van der Waals surface area contributed by atoms with Crippen LogP contribution in [0.4, 0.5) is 4.39 Å². The largest absolute Gasteiger partial charge is 0.486 e. The maximum Gasteiger partial charge on any atom is 0.243 e. The number of fused-ring (bicyclic) bond motifs is 1. The molecule has 1 saturated heterocycles. The molecule has 2 aliphatic heterocycles. The second-order valence-corrected chi connectivity index (χ2v) is 10.0. The average Bonchev–Trinajstić information content (AvgIpc) is 2.84. The molecule has 33 heavy (non-hydrogen) atoms. The summed E-state index contributed by atoms with van der Waals surface area (Å²) in [5.41, 5.74) is 0.436. The van der Waals surface area contributed by atoms with E-state index in [1.54, 1.807) is 35.2 Å². The third-order valence-corrected chi connectivity index (χ3v) is 7.83. The van der Waals surface area contributed by atoms with Crippen LogP contribution < -0.4 is 9.47 Å². The molecule has 9 heteroatoms. The van der Waals surface area contributed by atoms with Gasteiger partial charge in [0, 0.05) is 43.7 Å². The average molecular weight is 475 g/mol. The van der Waals surface area contributed by atoms with Crippen molar-refractivity contribution in [3.05, 3.63) is 66.5 Å². The summed E-state index contributed by atoms with van der Waals surface area (Å²) in [6, 6.07) is 11.0. The minimum atomic E-state index is -3.72. The van der Waals surface area contributed by atoms with Gasteiger partial charge in [0.2, 0.25) is 15.9 Å². The molecule has 1 fully saturated rings. The predicted molar refractivity (Wildman–Crippen MR) is 121 cm³/mol. The number of rotatable bonds is 7. The molecule has 4 rings (SSSR count). The Kier molecular flexibility index (Phi) is 6.99. The molecule has 2 heterocycles. The van der Waals surface area contributed by atoms with Crippen LogP contribution in [0.25, 0.3) is 0 Å². The Morgan fingerprint density at radius 3 is 2.52 bits per heavy atom. The van der Waals surface area contributed by atoms with Crippen LogP contribution in [-0.4, -0.2) is 56.4 Å². The van der Waals surface area contributed by atoms with Crippen LogP contribution in [0.5, 0.6) is 11.5 Å². The van der Waals surface area contributed by atoms with Gasteiger partial charge in [-0.1, -0.05) is 24.3 Å². The number of ether oxygens (including phenoxy) is 2. The maximum atomic E-state index is 14.1. The monoisotopic (exact) mass is 474 g/mol. The number of carbonyl (C=O) groups is 1. The Labute approximate surface area is 193 Å². The second kappa shape index (κ2) is 9.93. The first-order chi connectivity index (χ1) is 15.9. The van der Waals surface area contributed by atoms with Crippen LogP contribution in [0, 0.1) is 11.7 Å². The fraction of sp³-hybridized carbons (Fsp3) is 0.375. The molecule has 0 spiro atoms. The number of amides is 1. The van der Waals surface area contributed by atoms with Gasteiger partial charge in [0.25, 0.3) is 0 Å². The highest BCUT2D eigenvalue weighted by molar-refractivity contribution is 7.89. The van der Waals surface area contributed by atoms with Gasteiger partial charge < -0.3 is 14.4 Å². The van der Waals surface area contributed by atoms with Crippen molar-refractivity contribution in [2.75, 3.05) is 32.8 Å². The van der Waals surface area contributed by atoms with Crippen LogP contribution in [0.2, 0.25) is 0 Å². The summed E-state index contributed by atoms with van der Waals surface area (Å²) < 4.78 is 52.8. The number of carbonyl (C=O) groups excluding carboxylic acids is 1. The van der Waals surface area contributed by atoms with Gasteiger partial charge in [-0.05, 0) is 31.0 Å². The number of benzene rings is 2. The lowest BCUT2D eigenvalue weighted by molar-refractivity contribution is -0.136. The lowest BCUT2D eigenvalue weighted by Crippen LogP contribution is -2.44. The molecular weight excluding hydrogens is 447 g/mol. The van der Waals surface area contributed by atoms with E-state index >= 15 is 0 Å². The van der Waals surface area contributed by atoms with Gasteiger partial charge in [0.1, 0.15) is 19.0 Å². The number of nitrogens with zero attached hydrogens (tertiary/aromatic N) is 2. The van der Waals surface area contributed by atoms with Crippen molar-refractivity contribution in [2.24, 2.45) is 5.92 Å². The Balaban J connectivity index is 1.42.